The highest BCUT2D eigenvalue weighted by Crippen LogP contribution is 2.18. The van der Waals surface area contributed by atoms with Crippen molar-refractivity contribution in [3.63, 3.8) is 0 Å². The number of nitrogens with zero attached hydrogens (tertiary/aromatic N) is 5. The summed E-state index contributed by atoms with van der Waals surface area (Å²) in [5, 5.41) is 0. The van der Waals surface area contributed by atoms with Crippen molar-refractivity contribution in [2.45, 2.75) is 0 Å². The SMILES string of the molecule is Nc1nc(-c2ccncc2)nc(N2CCOCC2)n1. The van der Waals surface area contributed by atoms with Gasteiger partial charge in [0.15, 0.2) is 5.82 Å². The fourth-order valence-electron chi connectivity index (χ4n) is 1.92. The number of rotatable bonds is 2. The lowest BCUT2D eigenvalue weighted by molar-refractivity contribution is 0.122. The molecule has 1 fully saturated rings. The van der Waals surface area contributed by atoms with Crippen molar-refractivity contribution in [1.82, 2.24) is 19.9 Å². The number of aromatic nitrogens is 4. The van der Waals surface area contributed by atoms with Gasteiger partial charge < -0.3 is 15.4 Å². The van der Waals surface area contributed by atoms with Gasteiger partial charge in [0, 0.05) is 31.0 Å². The number of hydrogen-bond donors (Lipinski definition) is 1. The van der Waals surface area contributed by atoms with E-state index in [9.17, 15) is 0 Å². The number of ether oxygens (including phenoxy) is 1. The van der Waals surface area contributed by atoms with Gasteiger partial charge in [-0.15, -0.1) is 0 Å². The highest BCUT2D eigenvalue weighted by atomic mass is 16.5. The number of nitrogens with two attached hydrogens (primary N) is 1. The highest BCUT2D eigenvalue weighted by Gasteiger charge is 2.16. The molecule has 0 amide bonds. The number of nitrogen functional groups attached to an aromatic ring is 1. The standard InChI is InChI=1S/C12H14N6O/c13-11-15-10(9-1-3-14-4-2-9)16-12(17-11)18-5-7-19-8-6-18/h1-4H,5-8H2,(H2,13,15,16,17). The monoisotopic (exact) mass is 258 g/mol. The Kier molecular flexibility index (Phi) is 3.20. The van der Waals surface area contributed by atoms with E-state index >= 15 is 0 Å². The quantitative estimate of drug-likeness (QED) is 0.831. The van der Waals surface area contributed by atoms with Gasteiger partial charge in [0.1, 0.15) is 0 Å². The van der Waals surface area contributed by atoms with Crippen LogP contribution >= 0.6 is 0 Å². The smallest absolute Gasteiger partial charge is 0.230 e. The Morgan fingerprint density at radius 1 is 1.05 bits per heavy atom. The molecular weight excluding hydrogens is 244 g/mol. The molecule has 0 unspecified atom stereocenters. The molecule has 7 heteroatoms. The average molecular weight is 258 g/mol. The number of anilines is 2. The fourth-order valence-corrected chi connectivity index (χ4v) is 1.92. The van der Waals surface area contributed by atoms with Crippen LogP contribution in [0.2, 0.25) is 0 Å². The van der Waals surface area contributed by atoms with Crippen molar-refractivity contribution in [3.8, 4) is 11.4 Å². The zero-order valence-corrected chi connectivity index (χ0v) is 10.4. The maximum atomic E-state index is 5.77. The first-order valence-electron chi connectivity index (χ1n) is 6.07. The molecule has 19 heavy (non-hydrogen) atoms. The first-order chi connectivity index (χ1) is 9.33. The van der Waals surface area contributed by atoms with E-state index in [-0.39, 0.29) is 5.95 Å². The molecule has 3 rings (SSSR count). The van der Waals surface area contributed by atoms with Gasteiger partial charge in [-0.05, 0) is 12.1 Å². The van der Waals surface area contributed by atoms with Crippen molar-refractivity contribution in [3.05, 3.63) is 24.5 Å². The third kappa shape index (κ3) is 2.60. The van der Waals surface area contributed by atoms with Gasteiger partial charge in [0.25, 0.3) is 0 Å². The average Bonchev–Trinajstić information content (AvgIpc) is 2.48. The maximum Gasteiger partial charge on any atom is 0.230 e. The summed E-state index contributed by atoms with van der Waals surface area (Å²) in [5.74, 6) is 1.39. The maximum absolute atomic E-state index is 5.77. The van der Waals surface area contributed by atoms with E-state index in [1.54, 1.807) is 12.4 Å². The van der Waals surface area contributed by atoms with Crippen molar-refractivity contribution in [1.29, 1.82) is 0 Å². The molecule has 0 aliphatic carbocycles. The largest absolute Gasteiger partial charge is 0.378 e. The summed E-state index contributed by atoms with van der Waals surface area (Å²) in [4.78, 5) is 18.9. The van der Waals surface area contributed by atoms with Crippen LogP contribution in [0, 0.1) is 0 Å². The molecule has 0 atom stereocenters. The molecule has 0 aromatic carbocycles. The molecule has 1 saturated heterocycles. The van der Waals surface area contributed by atoms with Crippen LogP contribution in [-0.4, -0.2) is 46.2 Å². The molecule has 98 valence electrons. The third-order valence-electron chi connectivity index (χ3n) is 2.87. The molecular formula is C12H14N6O. The molecule has 1 aliphatic heterocycles. The van der Waals surface area contributed by atoms with Crippen LogP contribution in [-0.2, 0) is 4.74 Å². The predicted octanol–water partition coefficient (Wildman–Crippen LogP) is 0.352. The zero-order chi connectivity index (χ0) is 13.1. The summed E-state index contributed by atoms with van der Waals surface area (Å²) >= 11 is 0. The van der Waals surface area contributed by atoms with Crippen molar-refractivity contribution >= 4 is 11.9 Å². The molecule has 3 heterocycles. The summed E-state index contributed by atoms with van der Waals surface area (Å²) in [5.41, 5.74) is 6.64. The number of morpholine rings is 1. The van der Waals surface area contributed by atoms with Crippen LogP contribution in [0.1, 0.15) is 0 Å². The molecule has 2 aromatic rings. The summed E-state index contributed by atoms with van der Waals surface area (Å²) in [6.45, 7) is 2.88. The zero-order valence-electron chi connectivity index (χ0n) is 10.4. The van der Waals surface area contributed by atoms with E-state index in [0.717, 1.165) is 18.7 Å². The van der Waals surface area contributed by atoms with Gasteiger partial charge >= 0.3 is 0 Å². The molecule has 2 N–H and O–H groups in total. The molecule has 1 aliphatic rings. The Bertz CT molecular complexity index is 555. The van der Waals surface area contributed by atoms with Crippen molar-refractivity contribution in [2.75, 3.05) is 36.9 Å². The summed E-state index contributed by atoms with van der Waals surface area (Å²) in [6, 6.07) is 3.69. The van der Waals surface area contributed by atoms with E-state index in [4.69, 9.17) is 10.5 Å². The topological polar surface area (TPSA) is 90.0 Å². The molecule has 0 saturated carbocycles. The first kappa shape index (κ1) is 11.8. The van der Waals surface area contributed by atoms with Crippen molar-refractivity contribution < 1.29 is 4.74 Å². The highest BCUT2D eigenvalue weighted by molar-refractivity contribution is 5.57. The van der Waals surface area contributed by atoms with E-state index in [0.29, 0.717) is 25.0 Å². The minimum absolute atomic E-state index is 0.225. The van der Waals surface area contributed by atoms with Crippen LogP contribution in [0.15, 0.2) is 24.5 Å². The number of hydrogen-bond acceptors (Lipinski definition) is 7. The second-order valence-electron chi connectivity index (χ2n) is 4.15. The predicted molar refractivity (Wildman–Crippen MR) is 70.5 cm³/mol. The van der Waals surface area contributed by atoms with E-state index in [1.807, 2.05) is 17.0 Å². The van der Waals surface area contributed by atoms with Gasteiger partial charge in [0.05, 0.1) is 13.2 Å². The van der Waals surface area contributed by atoms with Crippen LogP contribution < -0.4 is 10.6 Å². The van der Waals surface area contributed by atoms with Gasteiger partial charge in [-0.2, -0.15) is 15.0 Å². The van der Waals surface area contributed by atoms with E-state index in [2.05, 4.69) is 19.9 Å². The summed E-state index contributed by atoms with van der Waals surface area (Å²) < 4.78 is 5.31. The minimum Gasteiger partial charge on any atom is -0.378 e. The fraction of sp³-hybridized carbons (Fsp3) is 0.333. The Balaban J connectivity index is 1.96. The molecule has 7 nitrogen and oxygen atoms in total. The molecule has 2 aromatic heterocycles. The normalized spacial score (nSPS) is 15.5. The van der Waals surface area contributed by atoms with Gasteiger partial charge in [0.2, 0.25) is 11.9 Å². The molecule has 0 spiro atoms. The lowest BCUT2D eigenvalue weighted by Gasteiger charge is -2.26. The van der Waals surface area contributed by atoms with E-state index in [1.165, 1.54) is 0 Å². The van der Waals surface area contributed by atoms with Crippen LogP contribution in [0.25, 0.3) is 11.4 Å². The van der Waals surface area contributed by atoms with Gasteiger partial charge in [-0.25, -0.2) is 0 Å². The first-order valence-corrected chi connectivity index (χ1v) is 6.07. The Morgan fingerprint density at radius 3 is 2.53 bits per heavy atom. The second-order valence-corrected chi connectivity index (χ2v) is 4.15. The van der Waals surface area contributed by atoms with Gasteiger partial charge in [-0.1, -0.05) is 0 Å². The van der Waals surface area contributed by atoms with Gasteiger partial charge in [-0.3, -0.25) is 4.98 Å². The van der Waals surface area contributed by atoms with Crippen molar-refractivity contribution in [2.24, 2.45) is 0 Å². The minimum atomic E-state index is 0.225. The Morgan fingerprint density at radius 2 is 1.79 bits per heavy atom. The Hall–Kier alpha value is -2.28. The summed E-state index contributed by atoms with van der Waals surface area (Å²) in [6.07, 6.45) is 3.40. The van der Waals surface area contributed by atoms with Crippen LogP contribution in [0.3, 0.4) is 0 Å². The lowest BCUT2D eigenvalue weighted by Crippen LogP contribution is -2.37. The second kappa shape index (κ2) is 5.15. The number of pyridine rings is 1. The Labute approximate surface area is 110 Å². The van der Waals surface area contributed by atoms with Crippen LogP contribution in [0.4, 0.5) is 11.9 Å². The van der Waals surface area contributed by atoms with Crippen LogP contribution in [0.5, 0.6) is 0 Å². The summed E-state index contributed by atoms with van der Waals surface area (Å²) in [7, 11) is 0. The molecule has 0 radical (unpaired) electrons. The van der Waals surface area contributed by atoms with E-state index < -0.39 is 0 Å². The lowest BCUT2D eigenvalue weighted by atomic mass is 10.2. The third-order valence-corrected chi connectivity index (χ3v) is 2.87. The molecule has 0 bridgehead atoms.